The first-order valence-electron chi connectivity index (χ1n) is 11.5. The van der Waals surface area contributed by atoms with E-state index in [0.29, 0.717) is 6.42 Å². The highest BCUT2D eigenvalue weighted by Crippen LogP contribution is 2.45. The van der Waals surface area contributed by atoms with Crippen molar-refractivity contribution >= 4 is 29.5 Å². The summed E-state index contributed by atoms with van der Waals surface area (Å²) in [5, 5.41) is 5.46. The van der Waals surface area contributed by atoms with E-state index in [1.54, 1.807) is 34.8 Å². The van der Waals surface area contributed by atoms with Gasteiger partial charge in [-0.2, -0.15) is 0 Å². The Hall–Kier alpha value is -2.06. The van der Waals surface area contributed by atoms with Crippen LogP contribution in [0.3, 0.4) is 0 Å². The summed E-state index contributed by atoms with van der Waals surface area (Å²) < 4.78 is 0. The van der Waals surface area contributed by atoms with Gasteiger partial charge in [0.25, 0.3) is 0 Å². The van der Waals surface area contributed by atoms with E-state index in [1.165, 1.54) is 25.7 Å². The van der Waals surface area contributed by atoms with Crippen molar-refractivity contribution in [1.82, 2.24) is 15.5 Å². The Bertz CT molecular complexity index is 819. The summed E-state index contributed by atoms with van der Waals surface area (Å²) in [6, 6.07) is 7.59. The number of amides is 3. The van der Waals surface area contributed by atoms with E-state index in [4.69, 9.17) is 5.73 Å². The zero-order valence-electron chi connectivity index (χ0n) is 19.4. The second-order valence-electron chi connectivity index (χ2n) is 9.48. The van der Waals surface area contributed by atoms with E-state index in [9.17, 15) is 14.4 Å². The summed E-state index contributed by atoms with van der Waals surface area (Å²) in [6.45, 7) is 4.07. The molecule has 0 radical (unpaired) electrons. The van der Waals surface area contributed by atoms with Crippen LogP contribution in [0.5, 0.6) is 0 Å². The molecule has 8 heteroatoms. The molecule has 3 amide bonds. The average Bonchev–Trinajstić information content (AvgIpc) is 2.95. The van der Waals surface area contributed by atoms with Gasteiger partial charge < -0.3 is 21.3 Å². The van der Waals surface area contributed by atoms with Crippen LogP contribution in [-0.2, 0) is 27.2 Å². The number of nitrogens with two attached hydrogens (primary N) is 1. The van der Waals surface area contributed by atoms with Crippen molar-refractivity contribution in [2.45, 2.75) is 69.8 Å². The third kappa shape index (κ3) is 5.64. The molecular formula is C24H36N4O3S. The van der Waals surface area contributed by atoms with Crippen LogP contribution in [0, 0.1) is 5.41 Å². The number of benzene rings is 1. The summed E-state index contributed by atoms with van der Waals surface area (Å²) in [5.41, 5.74) is 8.35. The first-order valence-corrected chi connectivity index (χ1v) is 12.5. The number of carbonyl (C=O) groups excluding carboxylic acids is 3. The van der Waals surface area contributed by atoms with Gasteiger partial charge in [-0.15, -0.1) is 11.8 Å². The summed E-state index contributed by atoms with van der Waals surface area (Å²) >= 11 is 1.66. The zero-order valence-corrected chi connectivity index (χ0v) is 20.2. The van der Waals surface area contributed by atoms with Crippen LogP contribution >= 0.6 is 11.8 Å². The van der Waals surface area contributed by atoms with Gasteiger partial charge in [0.2, 0.25) is 17.7 Å². The van der Waals surface area contributed by atoms with Crippen LogP contribution in [0.2, 0.25) is 0 Å². The van der Waals surface area contributed by atoms with Crippen molar-refractivity contribution in [3.63, 3.8) is 0 Å². The molecule has 4 rings (SSSR count). The number of fused-ring (bicyclic) bond motifs is 2. The summed E-state index contributed by atoms with van der Waals surface area (Å²) in [5.74, 6) is -0.144. The van der Waals surface area contributed by atoms with Gasteiger partial charge in [0.05, 0.1) is 11.9 Å². The highest BCUT2D eigenvalue weighted by Gasteiger charge is 2.53. The molecule has 2 saturated heterocycles. The molecule has 2 fully saturated rings. The van der Waals surface area contributed by atoms with Crippen LogP contribution in [0.25, 0.3) is 0 Å². The van der Waals surface area contributed by atoms with Crippen LogP contribution in [-0.4, -0.2) is 59.4 Å². The maximum Gasteiger partial charge on any atom is 0.246 e. The Morgan fingerprint density at radius 1 is 1.19 bits per heavy atom. The van der Waals surface area contributed by atoms with Crippen molar-refractivity contribution in [3.05, 3.63) is 35.4 Å². The molecule has 0 aromatic heterocycles. The minimum absolute atomic E-state index is 0.0498. The molecule has 2 aliphatic heterocycles. The van der Waals surface area contributed by atoms with Gasteiger partial charge in [0.15, 0.2) is 0 Å². The molecule has 0 spiro atoms. The number of nitrogens with zero attached hydrogens (tertiary/aromatic N) is 1. The fourth-order valence-corrected chi connectivity index (χ4v) is 6.55. The number of carbonyl (C=O) groups is 3. The van der Waals surface area contributed by atoms with Crippen molar-refractivity contribution in [3.8, 4) is 0 Å². The maximum absolute atomic E-state index is 12.8. The average molecular weight is 461 g/mol. The molecular weight excluding hydrogens is 424 g/mol. The third-order valence-electron chi connectivity index (χ3n) is 6.50. The van der Waals surface area contributed by atoms with Gasteiger partial charge in [-0.3, -0.25) is 14.4 Å². The zero-order chi connectivity index (χ0) is 23.3. The lowest BCUT2D eigenvalue weighted by molar-refractivity contribution is -0.142. The Kier molecular flexibility index (Phi) is 8.22. The lowest BCUT2D eigenvalue weighted by Crippen LogP contribution is -2.56. The number of aryl methyl sites for hydroxylation is 2. The molecule has 2 heterocycles. The molecule has 0 saturated carbocycles. The topological polar surface area (TPSA) is 105 Å². The van der Waals surface area contributed by atoms with Gasteiger partial charge in [-0.05, 0) is 67.9 Å². The van der Waals surface area contributed by atoms with E-state index < -0.39 is 18.0 Å². The predicted octanol–water partition coefficient (Wildman–Crippen LogP) is 1.83. The number of hydrogen-bond donors (Lipinski definition) is 3. The highest BCUT2D eigenvalue weighted by atomic mass is 32.2. The molecule has 7 nitrogen and oxygen atoms in total. The van der Waals surface area contributed by atoms with Gasteiger partial charge in [0.1, 0.15) is 12.1 Å². The third-order valence-corrected chi connectivity index (χ3v) is 7.75. The molecule has 4 N–H and O–H groups in total. The fourth-order valence-electron chi connectivity index (χ4n) is 4.97. The molecule has 0 bridgehead atoms. The van der Waals surface area contributed by atoms with Crippen molar-refractivity contribution in [2.75, 3.05) is 19.3 Å². The maximum atomic E-state index is 12.8. The normalized spacial score (nSPS) is 26.2. The smallest absolute Gasteiger partial charge is 0.246 e. The molecule has 1 aromatic rings. The van der Waals surface area contributed by atoms with E-state index in [2.05, 4.69) is 34.9 Å². The Morgan fingerprint density at radius 2 is 1.81 bits per heavy atom. The number of likely N-dealkylation sites (N-methyl/N-ethyl adjacent to an activating group) is 1. The summed E-state index contributed by atoms with van der Waals surface area (Å²) in [7, 11) is 1.67. The predicted molar refractivity (Wildman–Crippen MR) is 128 cm³/mol. The second-order valence-corrected chi connectivity index (χ2v) is 10.8. The summed E-state index contributed by atoms with van der Waals surface area (Å²) in [4.78, 5) is 38.1. The molecule has 3 atom stereocenters. The molecule has 3 unspecified atom stereocenters. The molecule has 1 aliphatic carbocycles. The molecule has 176 valence electrons. The van der Waals surface area contributed by atoms with Crippen LogP contribution < -0.4 is 16.4 Å². The first kappa shape index (κ1) is 24.6. The number of hydrogen-bond acceptors (Lipinski definition) is 5. The Morgan fingerprint density at radius 3 is 2.38 bits per heavy atom. The van der Waals surface area contributed by atoms with Gasteiger partial charge in [-0.1, -0.05) is 38.1 Å². The molecule has 32 heavy (non-hydrogen) atoms. The van der Waals surface area contributed by atoms with E-state index in [-0.39, 0.29) is 29.1 Å². The van der Waals surface area contributed by atoms with Crippen LogP contribution in [0.15, 0.2) is 24.3 Å². The lowest BCUT2D eigenvalue weighted by atomic mass is 9.84. The number of primary amides is 1. The van der Waals surface area contributed by atoms with E-state index >= 15 is 0 Å². The SMILES string of the molecule is CNCC(=O)NC1CCSC2CC(C)(C)C(C(N)=O)N2C1=O.c1ccc2c(c1)CCCC2. The number of rotatable bonds is 4. The standard InChI is InChI=1S/C14H24N4O3S.C10H12/c1-14(2)6-10-18(11(14)12(15)20)13(21)8(4-5-22-10)17-9(19)7-16-3;1-2-6-10-8-4-3-7-9(10)5-1/h8,10-11,16H,4-7H2,1-3H3,(H2,15,20)(H,17,19);1-2,5-6H,3-4,7-8H2. The Labute approximate surface area is 195 Å². The second kappa shape index (κ2) is 10.7. The first-order chi connectivity index (χ1) is 15.2. The summed E-state index contributed by atoms with van der Waals surface area (Å²) in [6.07, 6.45) is 6.67. The van der Waals surface area contributed by atoms with E-state index in [0.717, 1.165) is 12.2 Å². The number of nitrogens with one attached hydrogen (secondary N) is 2. The van der Waals surface area contributed by atoms with Crippen LogP contribution in [0.1, 0.15) is 50.7 Å². The van der Waals surface area contributed by atoms with Crippen molar-refractivity contribution < 1.29 is 14.4 Å². The number of thioether (sulfide) groups is 1. The van der Waals surface area contributed by atoms with Gasteiger partial charge in [0, 0.05) is 0 Å². The molecule has 3 aliphatic rings. The fraction of sp³-hybridized carbons (Fsp3) is 0.625. The van der Waals surface area contributed by atoms with Crippen molar-refractivity contribution in [2.24, 2.45) is 11.1 Å². The van der Waals surface area contributed by atoms with E-state index in [1.807, 2.05) is 13.8 Å². The van der Waals surface area contributed by atoms with Crippen LogP contribution in [0.4, 0.5) is 0 Å². The minimum atomic E-state index is -0.626. The van der Waals surface area contributed by atoms with Crippen molar-refractivity contribution in [1.29, 1.82) is 0 Å². The largest absolute Gasteiger partial charge is 0.368 e. The highest BCUT2D eigenvalue weighted by molar-refractivity contribution is 7.99. The van der Waals surface area contributed by atoms with Gasteiger partial charge in [-0.25, -0.2) is 0 Å². The monoisotopic (exact) mass is 460 g/mol. The quantitative estimate of drug-likeness (QED) is 0.636. The van der Waals surface area contributed by atoms with Gasteiger partial charge >= 0.3 is 0 Å². The Balaban J connectivity index is 0.000000238. The lowest BCUT2D eigenvalue weighted by Gasteiger charge is -2.32. The minimum Gasteiger partial charge on any atom is -0.368 e. The molecule has 1 aromatic carbocycles.